The minimum absolute atomic E-state index is 0.197. The van der Waals surface area contributed by atoms with Crippen molar-refractivity contribution >= 4 is 29.3 Å². The van der Waals surface area contributed by atoms with Crippen LogP contribution in [-0.4, -0.2) is 24.2 Å². The number of hydrogen-bond acceptors (Lipinski definition) is 4. The predicted molar refractivity (Wildman–Crippen MR) is 91.9 cm³/mol. The molecule has 2 rings (SSSR count). The molecule has 2 aromatic rings. The number of benzene rings is 2. The van der Waals surface area contributed by atoms with Gasteiger partial charge < -0.3 is 15.8 Å². The molecule has 0 aliphatic heterocycles. The van der Waals surface area contributed by atoms with Gasteiger partial charge in [0.25, 0.3) is 5.91 Å². The van der Waals surface area contributed by atoms with Crippen molar-refractivity contribution in [1.29, 1.82) is 0 Å². The second kappa shape index (κ2) is 8.24. The summed E-state index contributed by atoms with van der Waals surface area (Å²) in [6, 6.07) is 14.2. The van der Waals surface area contributed by atoms with Gasteiger partial charge in [-0.05, 0) is 43.3 Å². The molecule has 0 aromatic heterocycles. The number of primary amides is 1. The first-order valence-electron chi connectivity index (χ1n) is 7.14. The summed E-state index contributed by atoms with van der Waals surface area (Å²) in [4.78, 5) is 24.3. The summed E-state index contributed by atoms with van der Waals surface area (Å²) >= 11 is 1.41. The number of amides is 2. The Morgan fingerprint density at radius 2 is 1.83 bits per heavy atom. The molecule has 2 amide bonds. The zero-order chi connectivity index (χ0) is 16.7. The Morgan fingerprint density at radius 1 is 1.13 bits per heavy atom. The third-order valence-corrected chi connectivity index (χ3v) is 3.98. The molecule has 23 heavy (non-hydrogen) atoms. The minimum atomic E-state index is -0.569. The fourth-order valence-electron chi connectivity index (χ4n) is 1.94. The highest BCUT2D eigenvalue weighted by Crippen LogP contribution is 2.22. The van der Waals surface area contributed by atoms with Gasteiger partial charge in [-0.15, -0.1) is 11.8 Å². The van der Waals surface area contributed by atoms with Crippen LogP contribution in [0, 0.1) is 0 Å². The summed E-state index contributed by atoms with van der Waals surface area (Å²) in [7, 11) is 0. The summed E-state index contributed by atoms with van der Waals surface area (Å²) < 4.78 is 5.37. The monoisotopic (exact) mass is 330 g/mol. The van der Waals surface area contributed by atoms with Crippen LogP contribution in [0.25, 0.3) is 0 Å². The van der Waals surface area contributed by atoms with E-state index >= 15 is 0 Å². The first kappa shape index (κ1) is 16.9. The van der Waals surface area contributed by atoms with Crippen molar-refractivity contribution in [3.63, 3.8) is 0 Å². The lowest BCUT2D eigenvalue weighted by atomic mass is 10.1. The second-order valence-electron chi connectivity index (χ2n) is 4.65. The Labute approximate surface area is 139 Å². The van der Waals surface area contributed by atoms with Crippen molar-refractivity contribution < 1.29 is 14.3 Å². The van der Waals surface area contributed by atoms with E-state index in [1.54, 1.807) is 24.3 Å². The normalized spacial score (nSPS) is 10.1. The molecule has 0 heterocycles. The number of anilines is 1. The van der Waals surface area contributed by atoms with Gasteiger partial charge in [-0.1, -0.05) is 12.1 Å². The lowest BCUT2D eigenvalue weighted by Gasteiger charge is -2.09. The first-order valence-corrected chi connectivity index (χ1v) is 8.13. The molecule has 0 radical (unpaired) electrons. The molecule has 0 bridgehead atoms. The van der Waals surface area contributed by atoms with Gasteiger partial charge in [0, 0.05) is 4.90 Å². The maximum absolute atomic E-state index is 12.0. The predicted octanol–water partition coefficient (Wildman–Crippen LogP) is 2.92. The number of ether oxygens (including phenoxy) is 1. The molecule has 3 N–H and O–H groups in total. The van der Waals surface area contributed by atoms with E-state index < -0.39 is 5.91 Å². The molecular weight excluding hydrogens is 312 g/mol. The van der Waals surface area contributed by atoms with E-state index in [0.29, 0.717) is 17.9 Å². The number of rotatable bonds is 7. The average molecular weight is 330 g/mol. The van der Waals surface area contributed by atoms with Gasteiger partial charge in [0.2, 0.25) is 5.91 Å². The molecule has 0 atom stereocenters. The third-order valence-electron chi connectivity index (χ3n) is 2.97. The van der Waals surface area contributed by atoms with E-state index in [9.17, 15) is 9.59 Å². The van der Waals surface area contributed by atoms with E-state index in [1.165, 1.54) is 11.8 Å². The average Bonchev–Trinajstić information content (AvgIpc) is 2.55. The van der Waals surface area contributed by atoms with Crippen LogP contribution in [0.4, 0.5) is 5.69 Å². The Morgan fingerprint density at radius 3 is 2.48 bits per heavy atom. The van der Waals surface area contributed by atoms with Gasteiger partial charge in [0.1, 0.15) is 5.75 Å². The molecule has 0 saturated heterocycles. The van der Waals surface area contributed by atoms with Crippen molar-refractivity contribution in [3.05, 3.63) is 54.1 Å². The molecular formula is C17H18N2O3S. The maximum atomic E-state index is 12.0. The van der Waals surface area contributed by atoms with Crippen LogP contribution in [0.15, 0.2) is 53.4 Å². The Hall–Kier alpha value is -2.47. The lowest BCUT2D eigenvalue weighted by Crippen LogP contribution is -2.19. The molecule has 5 nitrogen and oxygen atoms in total. The van der Waals surface area contributed by atoms with Gasteiger partial charge in [-0.3, -0.25) is 9.59 Å². The van der Waals surface area contributed by atoms with Gasteiger partial charge in [-0.2, -0.15) is 0 Å². The van der Waals surface area contributed by atoms with Crippen LogP contribution >= 0.6 is 11.8 Å². The summed E-state index contributed by atoms with van der Waals surface area (Å²) in [6.45, 7) is 2.55. The number of nitrogens with two attached hydrogens (primary N) is 1. The number of hydrogen-bond donors (Lipinski definition) is 2. The van der Waals surface area contributed by atoms with E-state index in [1.807, 2.05) is 31.2 Å². The quantitative estimate of drug-likeness (QED) is 0.765. The molecule has 2 aromatic carbocycles. The summed E-state index contributed by atoms with van der Waals surface area (Å²) in [6.07, 6.45) is 0. The number of thioether (sulfide) groups is 1. The highest BCUT2D eigenvalue weighted by molar-refractivity contribution is 8.00. The zero-order valence-electron chi connectivity index (χ0n) is 12.7. The highest BCUT2D eigenvalue weighted by Gasteiger charge is 2.10. The molecule has 0 spiro atoms. The van der Waals surface area contributed by atoms with Gasteiger partial charge in [0.15, 0.2) is 0 Å². The lowest BCUT2D eigenvalue weighted by molar-refractivity contribution is -0.113. The highest BCUT2D eigenvalue weighted by atomic mass is 32.2. The second-order valence-corrected chi connectivity index (χ2v) is 5.70. The number of carbonyl (C=O) groups excluding carboxylic acids is 2. The van der Waals surface area contributed by atoms with Crippen molar-refractivity contribution in [3.8, 4) is 5.75 Å². The standard InChI is InChI=1S/C17H18N2O3S/c1-2-22-12-7-9-13(10-8-12)23-11-16(20)19-15-6-4-3-5-14(15)17(18)21/h3-10H,2,11H2,1H3,(H2,18,21)(H,19,20). The van der Waals surface area contributed by atoms with Gasteiger partial charge in [-0.25, -0.2) is 0 Å². The number of carbonyl (C=O) groups is 2. The van der Waals surface area contributed by atoms with Crippen LogP contribution in [-0.2, 0) is 4.79 Å². The van der Waals surface area contributed by atoms with Crippen LogP contribution in [0.1, 0.15) is 17.3 Å². The van der Waals surface area contributed by atoms with Crippen LogP contribution in [0.2, 0.25) is 0 Å². The summed E-state index contributed by atoms with van der Waals surface area (Å²) in [5.74, 6) is 0.274. The van der Waals surface area contributed by atoms with Crippen LogP contribution in [0.5, 0.6) is 5.75 Å². The minimum Gasteiger partial charge on any atom is -0.494 e. The van der Waals surface area contributed by atoms with Crippen molar-refractivity contribution in [2.24, 2.45) is 5.73 Å². The smallest absolute Gasteiger partial charge is 0.250 e. The van der Waals surface area contributed by atoms with Gasteiger partial charge in [0.05, 0.1) is 23.6 Å². The fourth-order valence-corrected chi connectivity index (χ4v) is 2.64. The SMILES string of the molecule is CCOc1ccc(SCC(=O)Nc2ccccc2C(N)=O)cc1. The van der Waals surface area contributed by atoms with Crippen molar-refractivity contribution in [2.45, 2.75) is 11.8 Å². The van der Waals surface area contributed by atoms with Crippen molar-refractivity contribution in [2.75, 3.05) is 17.7 Å². The molecule has 0 fully saturated rings. The Kier molecular flexibility index (Phi) is 6.05. The van der Waals surface area contributed by atoms with E-state index in [0.717, 1.165) is 10.6 Å². The maximum Gasteiger partial charge on any atom is 0.250 e. The zero-order valence-corrected chi connectivity index (χ0v) is 13.6. The first-order chi connectivity index (χ1) is 11.1. The summed E-state index contributed by atoms with van der Waals surface area (Å²) in [5.41, 5.74) is 6.01. The third kappa shape index (κ3) is 5.03. The molecule has 0 saturated carbocycles. The Balaban J connectivity index is 1.91. The molecule has 6 heteroatoms. The number of nitrogens with one attached hydrogen (secondary N) is 1. The number of para-hydroxylation sites is 1. The molecule has 0 aliphatic carbocycles. The van der Waals surface area contributed by atoms with E-state index in [-0.39, 0.29) is 11.7 Å². The molecule has 120 valence electrons. The topological polar surface area (TPSA) is 81.4 Å². The molecule has 0 aliphatic rings. The van der Waals surface area contributed by atoms with Crippen LogP contribution in [0.3, 0.4) is 0 Å². The Bertz CT molecular complexity index is 686. The van der Waals surface area contributed by atoms with E-state index in [4.69, 9.17) is 10.5 Å². The fraction of sp³-hybridized carbons (Fsp3) is 0.176. The van der Waals surface area contributed by atoms with E-state index in [2.05, 4.69) is 5.32 Å². The van der Waals surface area contributed by atoms with Crippen molar-refractivity contribution in [1.82, 2.24) is 0 Å². The van der Waals surface area contributed by atoms with Gasteiger partial charge >= 0.3 is 0 Å². The summed E-state index contributed by atoms with van der Waals surface area (Å²) in [5, 5.41) is 2.71. The largest absolute Gasteiger partial charge is 0.494 e. The molecule has 0 unspecified atom stereocenters. The van der Waals surface area contributed by atoms with Crippen LogP contribution < -0.4 is 15.8 Å².